The average Bonchev–Trinajstić information content (AvgIpc) is 2.80. The van der Waals surface area contributed by atoms with E-state index in [2.05, 4.69) is 10.3 Å². The van der Waals surface area contributed by atoms with E-state index in [1.165, 1.54) is 0 Å². The summed E-state index contributed by atoms with van der Waals surface area (Å²) in [7, 11) is 0. The van der Waals surface area contributed by atoms with Gasteiger partial charge in [0.15, 0.2) is 0 Å². The van der Waals surface area contributed by atoms with Crippen molar-refractivity contribution in [2.75, 3.05) is 16.8 Å². The number of hydrogen-bond donors (Lipinski definition) is 2. The number of nitrogens with zero attached hydrogens (tertiary/aromatic N) is 1. The maximum atomic E-state index is 11.9. The van der Waals surface area contributed by atoms with Gasteiger partial charge in [0, 0.05) is 34.6 Å². The van der Waals surface area contributed by atoms with Crippen molar-refractivity contribution in [1.82, 2.24) is 4.98 Å². The fourth-order valence-corrected chi connectivity index (χ4v) is 3.47. The van der Waals surface area contributed by atoms with Crippen molar-refractivity contribution in [2.24, 2.45) is 0 Å². The van der Waals surface area contributed by atoms with Gasteiger partial charge in [-0.15, -0.1) is 11.3 Å². The lowest BCUT2D eigenvalue weighted by Gasteiger charge is -2.08. The number of anilines is 2. The number of thioether (sulfide) groups is 1. The van der Waals surface area contributed by atoms with E-state index in [0.29, 0.717) is 12.1 Å². The highest BCUT2D eigenvalue weighted by Gasteiger charge is 2.06. The molecule has 2 rings (SSSR count). The number of benzene rings is 1. The molecule has 0 saturated carbocycles. The van der Waals surface area contributed by atoms with Crippen LogP contribution < -0.4 is 11.1 Å². The van der Waals surface area contributed by atoms with Gasteiger partial charge < -0.3 is 11.1 Å². The quantitative estimate of drug-likeness (QED) is 0.655. The van der Waals surface area contributed by atoms with Crippen LogP contribution in [0.3, 0.4) is 0 Å². The molecule has 106 valence electrons. The second-order valence-corrected chi connectivity index (χ2v) is 6.68. The molecule has 0 saturated heterocycles. The minimum absolute atomic E-state index is 0.000483. The summed E-state index contributed by atoms with van der Waals surface area (Å²) in [6.07, 6.45) is 0.456. The summed E-state index contributed by atoms with van der Waals surface area (Å²) in [4.78, 5) is 16.2. The number of hydrogen-bond acceptors (Lipinski definition) is 5. The van der Waals surface area contributed by atoms with Crippen molar-refractivity contribution in [3.05, 3.63) is 34.8 Å². The zero-order valence-corrected chi connectivity index (χ0v) is 13.1. The van der Waals surface area contributed by atoms with Crippen LogP contribution in [0.15, 0.2) is 27.9 Å². The van der Waals surface area contributed by atoms with E-state index in [1.54, 1.807) is 29.2 Å². The third kappa shape index (κ3) is 4.25. The van der Waals surface area contributed by atoms with Crippen molar-refractivity contribution >= 4 is 40.4 Å². The zero-order chi connectivity index (χ0) is 14.5. The fraction of sp³-hybridized carbons (Fsp3) is 0.286. The predicted octanol–water partition coefficient (Wildman–Crippen LogP) is 3.46. The van der Waals surface area contributed by atoms with E-state index < -0.39 is 0 Å². The molecule has 0 aliphatic carbocycles. The van der Waals surface area contributed by atoms with Crippen LogP contribution in [0.5, 0.6) is 0 Å². The topological polar surface area (TPSA) is 68.0 Å². The lowest BCUT2D eigenvalue weighted by molar-refractivity contribution is -0.115. The second kappa shape index (κ2) is 6.76. The highest BCUT2D eigenvalue weighted by atomic mass is 32.2. The van der Waals surface area contributed by atoms with E-state index >= 15 is 0 Å². The van der Waals surface area contributed by atoms with E-state index in [-0.39, 0.29) is 5.91 Å². The number of carbonyl (C=O) groups is 1. The van der Waals surface area contributed by atoms with Gasteiger partial charge >= 0.3 is 0 Å². The number of carbonyl (C=O) groups excluding carboxylic acids is 1. The average molecular weight is 307 g/mol. The molecule has 0 aliphatic rings. The van der Waals surface area contributed by atoms with Gasteiger partial charge in [-0.1, -0.05) is 17.8 Å². The number of aromatic nitrogens is 1. The summed E-state index contributed by atoms with van der Waals surface area (Å²) in [5.74, 6) is 0.722. The van der Waals surface area contributed by atoms with Gasteiger partial charge in [0.05, 0.1) is 0 Å². The summed E-state index contributed by atoms with van der Waals surface area (Å²) in [6.45, 7) is 3.91. The van der Waals surface area contributed by atoms with Crippen LogP contribution >= 0.6 is 23.1 Å². The van der Waals surface area contributed by atoms with Gasteiger partial charge in [0.25, 0.3) is 0 Å². The Morgan fingerprint density at radius 1 is 1.45 bits per heavy atom. The minimum Gasteiger partial charge on any atom is -0.399 e. The van der Waals surface area contributed by atoms with Gasteiger partial charge in [0.1, 0.15) is 4.34 Å². The Labute approximate surface area is 126 Å². The maximum Gasteiger partial charge on any atom is 0.225 e. The molecule has 0 aliphatic heterocycles. The molecule has 0 atom stereocenters. The first-order chi connectivity index (χ1) is 9.54. The van der Waals surface area contributed by atoms with E-state index in [0.717, 1.165) is 27.0 Å². The highest BCUT2D eigenvalue weighted by molar-refractivity contribution is 8.01. The fourth-order valence-electron chi connectivity index (χ4n) is 1.62. The molecule has 0 spiro atoms. The summed E-state index contributed by atoms with van der Waals surface area (Å²) in [5, 5.41) is 4.91. The Morgan fingerprint density at radius 3 is 2.95 bits per heavy atom. The van der Waals surface area contributed by atoms with Crippen molar-refractivity contribution in [3.8, 4) is 0 Å². The molecule has 0 unspecified atom stereocenters. The normalized spacial score (nSPS) is 10.5. The lowest BCUT2D eigenvalue weighted by Crippen LogP contribution is -2.13. The summed E-state index contributed by atoms with van der Waals surface area (Å²) in [6, 6.07) is 5.51. The number of thiazole rings is 1. The number of nitrogens with two attached hydrogens (primary N) is 1. The predicted molar refractivity (Wildman–Crippen MR) is 86.4 cm³/mol. The van der Waals surface area contributed by atoms with Crippen molar-refractivity contribution in [3.63, 3.8) is 0 Å². The summed E-state index contributed by atoms with van der Waals surface area (Å²) in [5.41, 5.74) is 9.19. The molecule has 1 aromatic heterocycles. The minimum atomic E-state index is -0.000483. The molecule has 1 aromatic carbocycles. The molecule has 1 heterocycles. The van der Waals surface area contributed by atoms with Gasteiger partial charge in [-0.2, -0.15) is 0 Å². The number of nitrogens with one attached hydrogen (secondary N) is 1. The Hall–Kier alpha value is -1.53. The molecular formula is C14H17N3OS2. The van der Waals surface area contributed by atoms with Crippen molar-refractivity contribution in [2.45, 2.75) is 24.6 Å². The standard InChI is InChI=1S/C14H17N3OS2/c1-9-3-4-11(15)7-12(9)17-13(18)5-6-19-14-16-10(2)8-20-14/h3-4,7-8H,5-6,15H2,1-2H3,(H,17,18). The molecule has 4 nitrogen and oxygen atoms in total. The van der Waals surface area contributed by atoms with Crippen LogP contribution in [-0.2, 0) is 4.79 Å². The Kier molecular flexibility index (Phi) is 5.03. The molecule has 20 heavy (non-hydrogen) atoms. The van der Waals surface area contributed by atoms with Crippen molar-refractivity contribution in [1.29, 1.82) is 0 Å². The third-order valence-corrected chi connectivity index (χ3v) is 4.83. The molecule has 6 heteroatoms. The zero-order valence-electron chi connectivity index (χ0n) is 11.5. The first-order valence-electron chi connectivity index (χ1n) is 6.25. The Balaban J connectivity index is 1.82. The first-order valence-corrected chi connectivity index (χ1v) is 8.12. The number of amides is 1. The lowest BCUT2D eigenvalue weighted by atomic mass is 10.2. The van der Waals surface area contributed by atoms with Crippen LogP contribution in [-0.4, -0.2) is 16.6 Å². The molecule has 2 aromatic rings. The van der Waals surface area contributed by atoms with Crippen LogP contribution in [0.25, 0.3) is 0 Å². The molecule has 0 fully saturated rings. The van der Waals surface area contributed by atoms with Gasteiger partial charge in [0.2, 0.25) is 5.91 Å². The Morgan fingerprint density at radius 2 is 2.25 bits per heavy atom. The van der Waals surface area contributed by atoms with Crippen LogP contribution in [0, 0.1) is 13.8 Å². The van der Waals surface area contributed by atoms with Crippen LogP contribution in [0.1, 0.15) is 17.7 Å². The maximum absolute atomic E-state index is 11.9. The Bertz CT molecular complexity index is 610. The van der Waals surface area contributed by atoms with Crippen LogP contribution in [0.2, 0.25) is 0 Å². The van der Waals surface area contributed by atoms with Gasteiger partial charge in [-0.3, -0.25) is 4.79 Å². The molecule has 0 radical (unpaired) electrons. The SMILES string of the molecule is Cc1csc(SCCC(=O)Nc2cc(N)ccc2C)n1. The summed E-state index contributed by atoms with van der Waals surface area (Å²) >= 11 is 3.22. The smallest absolute Gasteiger partial charge is 0.225 e. The first kappa shape index (κ1) is 14.9. The van der Waals surface area contributed by atoms with E-state index in [1.807, 2.05) is 31.4 Å². The monoisotopic (exact) mass is 307 g/mol. The molecule has 0 bridgehead atoms. The highest BCUT2D eigenvalue weighted by Crippen LogP contribution is 2.23. The molecular weight excluding hydrogens is 290 g/mol. The van der Waals surface area contributed by atoms with E-state index in [9.17, 15) is 4.79 Å². The second-order valence-electron chi connectivity index (χ2n) is 4.48. The molecule has 3 N–H and O–H groups in total. The van der Waals surface area contributed by atoms with Crippen molar-refractivity contribution < 1.29 is 4.79 Å². The summed E-state index contributed by atoms with van der Waals surface area (Å²) < 4.78 is 1.01. The molecule has 1 amide bonds. The third-order valence-electron chi connectivity index (χ3n) is 2.69. The number of nitrogen functional groups attached to an aromatic ring is 1. The number of rotatable bonds is 5. The van der Waals surface area contributed by atoms with E-state index in [4.69, 9.17) is 5.73 Å². The van der Waals surface area contributed by atoms with Gasteiger partial charge in [-0.05, 0) is 31.5 Å². The van der Waals surface area contributed by atoms with Gasteiger partial charge in [-0.25, -0.2) is 4.98 Å². The largest absolute Gasteiger partial charge is 0.399 e. The van der Waals surface area contributed by atoms with Crippen LogP contribution in [0.4, 0.5) is 11.4 Å². The number of aryl methyl sites for hydroxylation is 2.